The molecule has 0 fully saturated rings. The van der Waals surface area contributed by atoms with E-state index < -0.39 is 0 Å². The third kappa shape index (κ3) is 5.57. The fourth-order valence-electron chi connectivity index (χ4n) is 3.29. The summed E-state index contributed by atoms with van der Waals surface area (Å²) >= 11 is 6.81. The first-order valence-electron chi connectivity index (χ1n) is 10.4. The fraction of sp³-hybridized carbons (Fsp3) is 0.148. The summed E-state index contributed by atoms with van der Waals surface area (Å²) in [5, 5.41) is 0.476. The van der Waals surface area contributed by atoms with Crippen LogP contribution < -0.4 is 18.9 Å². The van der Waals surface area contributed by atoms with Crippen LogP contribution in [0.15, 0.2) is 85.2 Å². The van der Waals surface area contributed by atoms with Gasteiger partial charge >= 0.3 is 0 Å². The quantitative estimate of drug-likeness (QED) is 0.282. The van der Waals surface area contributed by atoms with Gasteiger partial charge in [0.05, 0.1) is 19.2 Å². The van der Waals surface area contributed by atoms with Gasteiger partial charge in [-0.05, 0) is 53.6 Å². The van der Waals surface area contributed by atoms with Crippen LogP contribution in [0.4, 0.5) is 0 Å². The molecule has 0 unspecified atom stereocenters. The van der Waals surface area contributed by atoms with Gasteiger partial charge in [-0.2, -0.15) is 0 Å². The first-order valence-corrected chi connectivity index (χ1v) is 10.8. The highest BCUT2D eigenvalue weighted by Crippen LogP contribution is 2.42. The van der Waals surface area contributed by atoms with Gasteiger partial charge in [0.15, 0.2) is 11.5 Å². The van der Waals surface area contributed by atoms with Gasteiger partial charge in [0, 0.05) is 23.5 Å². The molecule has 33 heavy (non-hydrogen) atoms. The molecular weight excluding hydrogens is 438 g/mol. The molecule has 0 spiro atoms. The summed E-state index contributed by atoms with van der Waals surface area (Å²) < 4.78 is 22.7. The SMILES string of the molecule is COc1ccc(COc2ccc(-c3cccnc3)c(Cl)c2OCc2ccc(OC)cc2)cc1. The van der Waals surface area contributed by atoms with Crippen molar-refractivity contribution in [2.24, 2.45) is 0 Å². The van der Waals surface area contributed by atoms with Gasteiger partial charge in [-0.3, -0.25) is 4.98 Å². The molecule has 0 aliphatic rings. The Morgan fingerprint density at radius 3 is 1.88 bits per heavy atom. The number of rotatable bonds is 9. The van der Waals surface area contributed by atoms with Gasteiger partial charge in [-0.15, -0.1) is 0 Å². The Hall–Kier alpha value is -3.70. The van der Waals surface area contributed by atoms with Gasteiger partial charge in [-0.25, -0.2) is 0 Å². The van der Waals surface area contributed by atoms with E-state index in [2.05, 4.69) is 4.98 Å². The molecule has 0 saturated carbocycles. The van der Waals surface area contributed by atoms with Crippen molar-refractivity contribution in [3.8, 4) is 34.1 Å². The number of pyridine rings is 1. The van der Waals surface area contributed by atoms with Gasteiger partial charge < -0.3 is 18.9 Å². The Kier molecular flexibility index (Phi) is 7.33. The zero-order chi connectivity index (χ0) is 23.0. The molecule has 1 aromatic heterocycles. The number of methoxy groups -OCH3 is 2. The zero-order valence-corrected chi connectivity index (χ0v) is 19.2. The molecule has 0 radical (unpaired) electrons. The Morgan fingerprint density at radius 2 is 1.33 bits per heavy atom. The highest BCUT2D eigenvalue weighted by Gasteiger charge is 2.17. The lowest BCUT2D eigenvalue weighted by atomic mass is 10.1. The average molecular weight is 462 g/mol. The Labute approximate surface area is 198 Å². The summed E-state index contributed by atoms with van der Waals surface area (Å²) in [6.45, 7) is 0.699. The van der Waals surface area contributed by atoms with Crippen molar-refractivity contribution in [2.45, 2.75) is 13.2 Å². The van der Waals surface area contributed by atoms with E-state index >= 15 is 0 Å². The van der Waals surface area contributed by atoms with Crippen LogP contribution in [-0.4, -0.2) is 19.2 Å². The molecule has 4 aromatic rings. The molecule has 0 saturated heterocycles. The van der Waals surface area contributed by atoms with Crippen LogP contribution in [0.1, 0.15) is 11.1 Å². The van der Waals surface area contributed by atoms with E-state index in [-0.39, 0.29) is 0 Å². The van der Waals surface area contributed by atoms with E-state index in [0.29, 0.717) is 29.7 Å². The molecule has 168 valence electrons. The van der Waals surface area contributed by atoms with E-state index in [1.807, 2.05) is 72.8 Å². The van der Waals surface area contributed by atoms with Crippen LogP contribution in [0.3, 0.4) is 0 Å². The van der Waals surface area contributed by atoms with Crippen LogP contribution in [0.2, 0.25) is 5.02 Å². The number of hydrogen-bond acceptors (Lipinski definition) is 5. The third-order valence-electron chi connectivity index (χ3n) is 5.13. The van der Waals surface area contributed by atoms with Crippen molar-refractivity contribution in [3.05, 3.63) is 101 Å². The van der Waals surface area contributed by atoms with Crippen molar-refractivity contribution >= 4 is 11.6 Å². The summed E-state index contributed by atoms with van der Waals surface area (Å²) in [7, 11) is 3.28. The maximum Gasteiger partial charge on any atom is 0.180 e. The van der Waals surface area contributed by atoms with Gasteiger partial charge in [-0.1, -0.05) is 41.9 Å². The summed E-state index contributed by atoms with van der Waals surface area (Å²) in [5.41, 5.74) is 3.72. The maximum absolute atomic E-state index is 6.81. The number of halogens is 1. The zero-order valence-electron chi connectivity index (χ0n) is 18.5. The second kappa shape index (κ2) is 10.7. The highest BCUT2D eigenvalue weighted by atomic mass is 35.5. The normalized spacial score (nSPS) is 10.5. The fourth-order valence-corrected chi connectivity index (χ4v) is 3.61. The Bertz CT molecular complexity index is 1180. The minimum absolute atomic E-state index is 0.332. The van der Waals surface area contributed by atoms with Gasteiger partial charge in [0.2, 0.25) is 0 Å². The average Bonchev–Trinajstić information content (AvgIpc) is 2.88. The molecular formula is C27H24ClNO4. The van der Waals surface area contributed by atoms with Crippen LogP contribution in [-0.2, 0) is 13.2 Å². The van der Waals surface area contributed by atoms with Crippen molar-refractivity contribution in [1.29, 1.82) is 0 Å². The summed E-state index contributed by atoms with van der Waals surface area (Å²) in [4.78, 5) is 4.20. The van der Waals surface area contributed by atoms with E-state index in [0.717, 1.165) is 33.8 Å². The Balaban J connectivity index is 1.60. The topological polar surface area (TPSA) is 49.8 Å². The van der Waals surface area contributed by atoms with E-state index in [1.54, 1.807) is 26.6 Å². The second-order valence-electron chi connectivity index (χ2n) is 7.27. The number of hydrogen-bond donors (Lipinski definition) is 0. The summed E-state index contributed by atoms with van der Waals surface area (Å²) in [5.74, 6) is 2.64. The molecule has 3 aromatic carbocycles. The van der Waals surface area contributed by atoms with Crippen molar-refractivity contribution in [1.82, 2.24) is 4.98 Å². The molecule has 0 N–H and O–H groups in total. The molecule has 0 atom stereocenters. The van der Waals surface area contributed by atoms with Gasteiger partial charge in [0.25, 0.3) is 0 Å². The lowest BCUT2D eigenvalue weighted by Gasteiger charge is -2.17. The molecule has 4 rings (SSSR count). The van der Waals surface area contributed by atoms with Gasteiger partial charge in [0.1, 0.15) is 24.7 Å². The van der Waals surface area contributed by atoms with E-state index in [9.17, 15) is 0 Å². The largest absolute Gasteiger partial charge is 0.497 e. The predicted octanol–water partition coefficient (Wildman–Crippen LogP) is 6.58. The molecule has 0 aliphatic heterocycles. The molecule has 5 nitrogen and oxygen atoms in total. The molecule has 0 amide bonds. The third-order valence-corrected chi connectivity index (χ3v) is 5.50. The first kappa shape index (κ1) is 22.5. The van der Waals surface area contributed by atoms with Crippen LogP contribution in [0, 0.1) is 0 Å². The number of nitrogens with zero attached hydrogens (tertiary/aromatic N) is 1. The first-order chi connectivity index (χ1) is 16.2. The van der Waals surface area contributed by atoms with Crippen LogP contribution >= 0.6 is 11.6 Å². The smallest absolute Gasteiger partial charge is 0.180 e. The minimum atomic E-state index is 0.332. The minimum Gasteiger partial charge on any atom is -0.497 e. The second-order valence-corrected chi connectivity index (χ2v) is 7.65. The van der Waals surface area contributed by atoms with Crippen molar-refractivity contribution in [2.75, 3.05) is 14.2 Å². The van der Waals surface area contributed by atoms with Crippen LogP contribution in [0.5, 0.6) is 23.0 Å². The molecule has 1 heterocycles. The lowest BCUT2D eigenvalue weighted by Crippen LogP contribution is -2.02. The number of benzene rings is 3. The molecule has 6 heteroatoms. The summed E-state index contributed by atoms with van der Waals surface area (Å²) in [6, 6.07) is 23.0. The molecule has 0 bridgehead atoms. The lowest BCUT2D eigenvalue weighted by molar-refractivity contribution is 0.256. The summed E-state index contributed by atoms with van der Waals surface area (Å²) in [6.07, 6.45) is 3.50. The van der Waals surface area contributed by atoms with E-state index in [1.165, 1.54) is 0 Å². The van der Waals surface area contributed by atoms with E-state index in [4.69, 9.17) is 30.5 Å². The highest BCUT2D eigenvalue weighted by molar-refractivity contribution is 6.35. The predicted molar refractivity (Wildman–Crippen MR) is 129 cm³/mol. The van der Waals surface area contributed by atoms with Crippen molar-refractivity contribution in [3.63, 3.8) is 0 Å². The number of aromatic nitrogens is 1. The van der Waals surface area contributed by atoms with Crippen molar-refractivity contribution < 1.29 is 18.9 Å². The Morgan fingerprint density at radius 1 is 0.727 bits per heavy atom. The monoisotopic (exact) mass is 461 g/mol. The standard InChI is InChI=1S/C27H24ClNO4/c1-30-22-9-5-19(6-10-22)17-32-25-14-13-24(21-4-3-15-29-16-21)26(28)27(25)33-18-20-7-11-23(31-2)12-8-20/h3-16H,17-18H2,1-2H3. The molecule has 0 aliphatic carbocycles. The maximum atomic E-state index is 6.81. The number of ether oxygens (including phenoxy) is 4. The van der Waals surface area contributed by atoms with Crippen LogP contribution in [0.25, 0.3) is 11.1 Å².